The van der Waals surface area contributed by atoms with Crippen LogP contribution in [0.15, 0.2) is 24.3 Å². The van der Waals surface area contributed by atoms with Crippen molar-refractivity contribution in [3.63, 3.8) is 0 Å². The quantitative estimate of drug-likeness (QED) is 0.766. The summed E-state index contributed by atoms with van der Waals surface area (Å²) >= 11 is 0. The van der Waals surface area contributed by atoms with E-state index in [0.29, 0.717) is 19.6 Å². The van der Waals surface area contributed by atoms with Gasteiger partial charge in [0.2, 0.25) is 5.91 Å². The number of carboxylic acids is 1. The molecule has 0 saturated carbocycles. The van der Waals surface area contributed by atoms with Gasteiger partial charge in [-0.25, -0.2) is 0 Å². The number of carbonyl (C=O) groups excluding carboxylic acids is 1. The highest BCUT2D eigenvalue weighted by atomic mass is 16.4. The fourth-order valence-corrected chi connectivity index (χ4v) is 2.47. The van der Waals surface area contributed by atoms with Crippen LogP contribution in [0.25, 0.3) is 0 Å². The molecule has 0 aliphatic carbocycles. The zero-order chi connectivity index (χ0) is 18.3. The zero-order valence-electron chi connectivity index (χ0n) is 15.4. The van der Waals surface area contributed by atoms with Gasteiger partial charge in [0.1, 0.15) is 6.04 Å². The molecule has 5 heteroatoms. The standard InChI is InChI=1S/C19H30N2O3/c1-14(18(23)24)21(13-11-20-15(2)22)12-10-16-6-8-17(9-7-16)19(3,4)5/h6-9,14H,10-13H2,1-5H3,(H,20,22)(H,23,24). The Bertz CT molecular complexity index is 547. The van der Waals surface area contributed by atoms with Crippen molar-refractivity contribution in [2.45, 2.75) is 52.5 Å². The number of rotatable bonds is 8. The van der Waals surface area contributed by atoms with Crippen molar-refractivity contribution in [2.24, 2.45) is 0 Å². The van der Waals surface area contributed by atoms with E-state index in [2.05, 4.69) is 50.4 Å². The lowest BCUT2D eigenvalue weighted by Gasteiger charge is -2.26. The van der Waals surface area contributed by atoms with Gasteiger partial charge in [0, 0.05) is 26.6 Å². The molecule has 5 nitrogen and oxygen atoms in total. The predicted octanol–water partition coefficient (Wildman–Crippen LogP) is 2.44. The number of amides is 1. The molecule has 1 amide bonds. The van der Waals surface area contributed by atoms with E-state index in [1.165, 1.54) is 18.1 Å². The molecular weight excluding hydrogens is 304 g/mol. The van der Waals surface area contributed by atoms with Crippen LogP contribution in [-0.2, 0) is 21.4 Å². The van der Waals surface area contributed by atoms with E-state index in [9.17, 15) is 14.7 Å². The molecule has 0 radical (unpaired) electrons. The van der Waals surface area contributed by atoms with Crippen LogP contribution in [0.2, 0.25) is 0 Å². The Balaban J connectivity index is 2.66. The zero-order valence-corrected chi connectivity index (χ0v) is 15.4. The fourth-order valence-electron chi connectivity index (χ4n) is 2.47. The van der Waals surface area contributed by atoms with Crippen LogP contribution < -0.4 is 5.32 Å². The average Bonchev–Trinajstić information content (AvgIpc) is 2.49. The lowest BCUT2D eigenvalue weighted by Crippen LogP contribution is -2.44. The van der Waals surface area contributed by atoms with Gasteiger partial charge < -0.3 is 10.4 Å². The average molecular weight is 334 g/mol. The summed E-state index contributed by atoms with van der Waals surface area (Å²) in [5, 5.41) is 12.0. The summed E-state index contributed by atoms with van der Waals surface area (Å²) in [5.41, 5.74) is 2.60. The number of nitrogens with one attached hydrogen (secondary N) is 1. The van der Waals surface area contributed by atoms with Crippen LogP contribution in [0.3, 0.4) is 0 Å². The highest BCUT2D eigenvalue weighted by molar-refractivity contribution is 5.73. The van der Waals surface area contributed by atoms with Crippen molar-refractivity contribution in [1.29, 1.82) is 0 Å². The number of aliphatic carboxylic acids is 1. The van der Waals surface area contributed by atoms with Gasteiger partial charge in [0.25, 0.3) is 0 Å². The molecule has 1 atom stereocenters. The summed E-state index contributed by atoms with van der Waals surface area (Å²) in [6.07, 6.45) is 0.780. The SMILES string of the molecule is CC(=O)NCCN(CCc1ccc(C(C)(C)C)cc1)C(C)C(=O)O. The van der Waals surface area contributed by atoms with E-state index >= 15 is 0 Å². The highest BCUT2D eigenvalue weighted by Gasteiger charge is 2.20. The molecule has 0 heterocycles. The molecule has 134 valence electrons. The molecule has 1 rings (SSSR count). The first-order valence-electron chi connectivity index (χ1n) is 8.42. The van der Waals surface area contributed by atoms with Crippen molar-refractivity contribution >= 4 is 11.9 Å². The van der Waals surface area contributed by atoms with Crippen molar-refractivity contribution in [2.75, 3.05) is 19.6 Å². The van der Waals surface area contributed by atoms with E-state index < -0.39 is 12.0 Å². The smallest absolute Gasteiger partial charge is 0.320 e. The first-order chi connectivity index (χ1) is 11.1. The Hall–Kier alpha value is -1.88. The van der Waals surface area contributed by atoms with Gasteiger partial charge in [-0.05, 0) is 29.9 Å². The van der Waals surface area contributed by atoms with Crippen LogP contribution in [0.5, 0.6) is 0 Å². The highest BCUT2D eigenvalue weighted by Crippen LogP contribution is 2.22. The molecule has 1 aromatic carbocycles. The van der Waals surface area contributed by atoms with Crippen molar-refractivity contribution in [3.05, 3.63) is 35.4 Å². The molecule has 0 bridgehead atoms. The monoisotopic (exact) mass is 334 g/mol. The molecule has 24 heavy (non-hydrogen) atoms. The number of nitrogens with zero attached hydrogens (tertiary/aromatic N) is 1. The fraction of sp³-hybridized carbons (Fsp3) is 0.579. The van der Waals surface area contributed by atoms with Gasteiger partial charge in [-0.15, -0.1) is 0 Å². The maximum absolute atomic E-state index is 11.3. The molecule has 2 N–H and O–H groups in total. The number of hydrogen-bond donors (Lipinski definition) is 2. The van der Waals surface area contributed by atoms with Gasteiger partial charge in [-0.1, -0.05) is 45.0 Å². The van der Waals surface area contributed by atoms with Crippen LogP contribution in [0.1, 0.15) is 45.7 Å². The topological polar surface area (TPSA) is 69.6 Å². The molecule has 0 saturated heterocycles. The second kappa shape index (κ2) is 8.83. The Morgan fingerprint density at radius 3 is 2.21 bits per heavy atom. The molecule has 0 aromatic heterocycles. The molecule has 0 aliphatic rings. The lowest BCUT2D eigenvalue weighted by molar-refractivity contribution is -0.142. The number of hydrogen-bond acceptors (Lipinski definition) is 3. The summed E-state index contributed by atoms with van der Waals surface area (Å²) in [6, 6.07) is 7.92. The van der Waals surface area contributed by atoms with Gasteiger partial charge in [-0.2, -0.15) is 0 Å². The summed E-state index contributed by atoms with van der Waals surface area (Å²) in [4.78, 5) is 24.1. The van der Waals surface area contributed by atoms with E-state index in [0.717, 1.165) is 6.42 Å². The maximum Gasteiger partial charge on any atom is 0.320 e. The summed E-state index contributed by atoms with van der Waals surface area (Å²) < 4.78 is 0. The van der Waals surface area contributed by atoms with E-state index in [4.69, 9.17) is 0 Å². The van der Waals surface area contributed by atoms with Gasteiger partial charge in [0.05, 0.1) is 0 Å². The molecule has 0 aliphatic heterocycles. The van der Waals surface area contributed by atoms with Crippen molar-refractivity contribution < 1.29 is 14.7 Å². The van der Waals surface area contributed by atoms with Crippen LogP contribution in [0.4, 0.5) is 0 Å². The van der Waals surface area contributed by atoms with E-state index in [1.54, 1.807) is 6.92 Å². The minimum absolute atomic E-state index is 0.101. The van der Waals surface area contributed by atoms with Gasteiger partial charge in [0.15, 0.2) is 0 Å². The molecular formula is C19H30N2O3. The van der Waals surface area contributed by atoms with E-state index in [1.807, 2.05) is 4.90 Å². The van der Waals surface area contributed by atoms with Crippen LogP contribution in [0, 0.1) is 0 Å². The summed E-state index contributed by atoms with van der Waals surface area (Å²) in [7, 11) is 0. The van der Waals surface area contributed by atoms with Crippen LogP contribution >= 0.6 is 0 Å². The third kappa shape index (κ3) is 6.71. The van der Waals surface area contributed by atoms with Gasteiger partial charge >= 0.3 is 5.97 Å². The second-order valence-electron chi connectivity index (χ2n) is 7.23. The summed E-state index contributed by atoms with van der Waals surface area (Å²) in [5.74, 6) is -0.948. The minimum atomic E-state index is -0.846. The first kappa shape index (κ1) is 20.2. The number of carbonyl (C=O) groups is 2. The molecule has 0 spiro atoms. The Morgan fingerprint density at radius 1 is 1.17 bits per heavy atom. The Kier molecular flexibility index (Phi) is 7.42. The third-order valence-corrected chi connectivity index (χ3v) is 4.19. The largest absolute Gasteiger partial charge is 0.480 e. The first-order valence-corrected chi connectivity index (χ1v) is 8.42. The van der Waals surface area contributed by atoms with Crippen molar-refractivity contribution in [3.8, 4) is 0 Å². The lowest BCUT2D eigenvalue weighted by atomic mass is 9.86. The Labute approximate surface area is 145 Å². The predicted molar refractivity (Wildman–Crippen MR) is 96.2 cm³/mol. The minimum Gasteiger partial charge on any atom is -0.480 e. The second-order valence-corrected chi connectivity index (χ2v) is 7.23. The Morgan fingerprint density at radius 2 is 1.75 bits per heavy atom. The normalized spacial score (nSPS) is 12.9. The van der Waals surface area contributed by atoms with Crippen LogP contribution in [-0.4, -0.2) is 47.6 Å². The molecule has 0 fully saturated rings. The third-order valence-electron chi connectivity index (χ3n) is 4.19. The number of benzene rings is 1. The number of carboxylic acid groups (broad SMARTS) is 1. The van der Waals surface area contributed by atoms with Gasteiger partial charge in [-0.3, -0.25) is 14.5 Å². The van der Waals surface area contributed by atoms with Crippen molar-refractivity contribution in [1.82, 2.24) is 10.2 Å². The maximum atomic E-state index is 11.3. The van der Waals surface area contributed by atoms with E-state index in [-0.39, 0.29) is 11.3 Å². The molecule has 1 aromatic rings. The summed E-state index contributed by atoms with van der Waals surface area (Å²) in [6.45, 7) is 11.3. The molecule has 1 unspecified atom stereocenters.